The van der Waals surface area contributed by atoms with Gasteiger partial charge in [0.25, 0.3) is 0 Å². The molecule has 1 N–H and O–H groups in total. The molecule has 4 heteroatoms. The molecule has 0 aliphatic heterocycles. The number of carbonyl (C=O) groups excluding carboxylic acids is 1. The van der Waals surface area contributed by atoms with Crippen molar-refractivity contribution in [1.29, 1.82) is 0 Å². The monoisotopic (exact) mass is 195 g/mol. The predicted molar refractivity (Wildman–Crippen MR) is 51.6 cm³/mol. The van der Waals surface area contributed by atoms with Gasteiger partial charge in [-0.05, 0) is 27.2 Å². The van der Waals surface area contributed by atoms with Crippen molar-refractivity contribution < 1.29 is 9.53 Å². The minimum absolute atomic E-state index is 0.188. The maximum atomic E-state index is 11.3. The van der Waals surface area contributed by atoms with E-state index >= 15 is 0 Å². The molecule has 1 heterocycles. The van der Waals surface area contributed by atoms with E-state index in [0.717, 1.165) is 5.56 Å². The average Bonchev–Trinajstić information content (AvgIpc) is 2.49. The van der Waals surface area contributed by atoms with Crippen molar-refractivity contribution in [3.63, 3.8) is 0 Å². The van der Waals surface area contributed by atoms with Crippen molar-refractivity contribution in [1.82, 2.24) is 10.2 Å². The molecule has 1 aromatic rings. The van der Waals surface area contributed by atoms with Crippen molar-refractivity contribution in [3.8, 4) is 0 Å². The maximum Gasteiger partial charge on any atom is 0.306 e. The molecule has 4 nitrogen and oxygen atoms in total. The van der Waals surface area contributed by atoms with Crippen LogP contribution in [-0.2, 0) is 16.0 Å². The Hall–Kier alpha value is -1.32. The number of hydrogen-bond donors (Lipinski definition) is 1. The first-order valence-corrected chi connectivity index (χ1v) is 4.59. The van der Waals surface area contributed by atoms with Crippen LogP contribution in [0.1, 0.15) is 32.8 Å². The topological polar surface area (TPSA) is 55.0 Å². The van der Waals surface area contributed by atoms with Crippen molar-refractivity contribution in [3.05, 3.63) is 18.0 Å². The molecule has 0 atom stereocenters. The zero-order valence-electron chi connectivity index (χ0n) is 8.76. The average molecular weight is 195 g/mol. The number of ether oxygens (including phenoxy) is 1. The Morgan fingerprint density at radius 1 is 1.64 bits per heavy atom. The van der Waals surface area contributed by atoms with Crippen LogP contribution in [0.5, 0.6) is 0 Å². The molecule has 0 saturated carbocycles. The highest BCUT2D eigenvalue weighted by Gasteiger charge is 2.15. The molecule has 0 bridgehead atoms. The predicted octanol–water partition coefficient (Wildman–Crippen LogP) is 1.48. The molecule has 1 aromatic heterocycles. The first-order chi connectivity index (χ1) is 6.47. The molecule has 0 saturated heterocycles. The molecule has 0 amide bonds. The summed E-state index contributed by atoms with van der Waals surface area (Å²) in [5, 5.41) is 6.32. The highest BCUT2D eigenvalue weighted by atomic mass is 16.6. The summed E-state index contributed by atoms with van der Waals surface area (Å²) in [7, 11) is 0. The third kappa shape index (κ3) is 4.07. The zero-order valence-corrected chi connectivity index (χ0v) is 8.76. The molecular weight excluding hydrogens is 180 g/mol. The Labute approximate surface area is 83.7 Å². The highest BCUT2D eigenvalue weighted by molar-refractivity contribution is 5.70. The molecule has 0 spiro atoms. The van der Waals surface area contributed by atoms with Gasteiger partial charge in [0, 0.05) is 18.2 Å². The number of H-pyrrole nitrogens is 1. The van der Waals surface area contributed by atoms with Gasteiger partial charge in [-0.15, -0.1) is 0 Å². The molecule has 77 valence electrons. The van der Waals surface area contributed by atoms with Crippen molar-refractivity contribution in [2.75, 3.05) is 0 Å². The number of aryl methyl sites for hydroxylation is 1. The van der Waals surface area contributed by atoms with Crippen molar-refractivity contribution in [2.45, 2.75) is 39.2 Å². The number of carbonyl (C=O) groups is 1. The lowest BCUT2D eigenvalue weighted by atomic mass is 10.1. The van der Waals surface area contributed by atoms with Crippen molar-refractivity contribution >= 4 is 5.97 Å². The van der Waals surface area contributed by atoms with Gasteiger partial charge in [0.05, 0.1) is 0 Å². The minimum atomic E-state index is -0.406. The van der Waals surface area contributed by atoms with Gasteiger partial charge < -0.3 is 4.74 Å². The molecule has 0 fully saturated rings. The molecule has 1 radical (unpaired) electrons. The van der Waals surface area contributed by atoms with Crippen LogP contribution in [0.4, 0.5) is 0 Å². The summed E-state index contributed by atoms with van der Waals surface area (Å²) >= 11 is 0. The van der Waals surface area contributed by atoms with Gasteiger partial charge in [-0.2, -0.15) is 5.10 Å². The van der Waals surface area contributed by atoms with Crippen LogP contribution < -0.4 is 0 Å². The summed E-state index contributed by atoms with van der Waals surface area (Å²) in [6, 6.07) is 0. The van der Waals surface area contributed by atoms with Crippen LogP contribution in [0.2, 0.25) is 0 Å². The summed E-state index contributed by atoms with van der Waals surface area (Å²) in [6.07, 6.45) is 5.45. The minimum Gasteiger partial charge on any atom is -0.460 e. The van der Waals surface area contributed by atoms with E-state index in [-0.39, 0.29) is 5.97 Å². The first kappa shape index (κ1) is 10.8. The molecule has 0 aliphatic rings. The van der Waals surface area contributed by atoms with E-state index in [0.29, 0.717) is 12.8 Å². The van der Waals surface area contributed by atoms with Crippen LogP contribution in [0, 0.1) is 6.20 Å². The Kier molecular flexibility index (Phi) is 3.28. The quantitative estimate of drug-likeness (QED) is 0.743. The first-order valence-electron chi connectivity index (χ1n) is 4.59. The second-order valence-electron chi connectivity index (χ2n) is 4.11. The molecule has 14 heavy (non-hydrogen) atoms. The summed E-state index contributed by atoms with van der Waals surface area (Å²) in [5.74, 6) is -0.188. The van der Waals surface area contributed by atoms with Gasteiger partial charge in [0.15, 0.2) is 0 Å². The van der Waals surface area contributed by atoms with E-state index in [2.05, 4.69) is 16.4 Å². The van der Waals surface area contributed by atoms with E-state index < -0.39 is 5.60 Å². The number of aromatic amines is 1. The van der Waals surface area contributed by atoms with E-state index in [4.69, 9.17) is 4.74 Å². The van der Waals surface area contributed by atoms with E-state index in [1.807, 2.05) is 20.8 Å². The van der Waals surface area contributed by atoms with Gasteiger partial charge >= 0.3 is 5.97 Å². The summed E-state index contributed by atoms with van der Waals surface area (Å²) < 4.78 is 5.15. The van der Waals surface area contributed by atoms with E-state index in [1.54, 1.807) is 6.20 Å². The van der Waals surface area contributed by atoms with Crippen LogP contribution in [0.15, 0.2) is 6.20 Å². The lowest BCUT2D eigenvalue weighted by Gasteiger charge is -2.19. The Balaban J connectivity index is 2.29. The lowest BCUT2D eigenvalue weighted by Crippen LogP contribution is -2.23. The fraction of sp³-hybridized carbons (Fsp3) is 0.600. The van der Waals surface area contributed by atoms with E-state index in [1.165, 1.54) is 0 Å². The second-order valence-corrected chi connectivity index (χ2v) is 4.11. The third-order valence-electron chi connectivity index (χ3n) is 1.52. The van der Waals surface area contributed by atoms with Crippen LogP contribution in [0.3, 0.4) is 0 Å². The summed E-state index contributed by atoms with van der Waals surface area (Å²) in [6.45, 7) is 5.57. The normalized spacial score (nSPS) is 11.4. The fourth-order valence-electron chi connectivity index (χ4n) is 1.00. The van der Waals surface area contributed by atoms with Crippen molar-refractivity contribution in [2.24, 2.45) is 0 Å². The third-order valence-corrected chi connectivity index (χ3v) is 1.52. The zero-order chi connectivity index (χ0) is 10.6. The number of nitrogens with one attached hydrogen (secondary N) is 1. The molecular formula is C10H15N2O2. The lowest BCUT2D eigenvalue weighted by molar-refractivity contribution is -0.154. The molecule has 0 aromatic carbocycles. The fourth-order valence-corrected chi connectivity index (χ4v) is 1.00. The number of nitrogens with zero attached hydrogens (tertiary/aromatic N) is 1. The molecule has 0 aliphatic carbocycles. The summed E-state index contributed by atoms with van der Waals surface area (Å²) in [5.41, 5.74) is 0.493. The maximum absolute atomic E-state index is 11.3. The van der Waals surface area contributed by atoms with Gasteiger partial charge in [-0.25, -0.2) is 0 Å². The molecule has 0 unspecified atom stereocenters. The number of hydrogen-bond acceptors (Lipinski definition) is 3. The number of rotatable bonds is 3. The van der Waals surface area contributed by atoms with Crippen LogP contribution >= 0.6 is 0 Å². The SMILES string of the molecule is CC(C)(C)OC(=O)CCc1[c]n[nH]c1. The van der Waals surface area contributed by atoms with Gasteiger partial charge in [0.2, 0.25) is 0 Å². The van der Waals surface area contributed by atoms with Gasteiger partial charge in [-0.1, -0.05) is 0 Å². The van der Waals surface area contributed by atoms with E-state index in [9.17, 15) is 4.79 Å². The van der Waals surface area contributed by atoms with Crippen LogP contribution in [-0.4, -0.2) is 21.8 Å². The number of esters is 1. The Morgan fingerprint density at radius 2 is 2.36 bits per heavy atom. The molecule has 1 rings (SSSR count). The Bertz CT molecular complexity index is 286. The Morgan fingerprint density at radius 3 is 2.86 bits per heavy atom. The van der Waals surface area contributed by atoms with Gasteiger partial charge in [-0.3, -0.25) is 9.89 Å². The smallest absolute Gasteiger partial charge is 0.306 e. The highest BCUT2D eigenvalue weighted by Crippen LogP contribution is 2.09. The standard InChI is InChI=1S/C10H15N2O2/c1-10(2,3)14-9(13)5-4-8-6-11-12-7-8/h6H,4-5H2,1-3H3,(H,11,12). The second kappa shape index (κ2) is 4.26. The van der Waals surface area contributed by atoms with Gasteiger partial charge in [0.1, 0.15) is 11.8 Å². The summed E-state index contributed by atoms with van der Waals surface area (Å²) in [4.78, 5) is 11.3. The number of aromatic nitrogens is 2. The largest absolute Gasteiger partial charge is 0.460 e. The van der Waals surface area contributed by atoms with Crippen LogP contribution in [0.25, 0.3) is 0 Å².